The maximum Gasteiger partial charge on any atom is -0.00425 e. The van der Waals surface area contributed by atoms with E-state index in [4.69, 9.17) is 5.73 Å². The number of nitrogens with two attached hydrogens (primary N) is 1. The quantitative estimate of drug-likeness (QED) is 0.864. The molecule has 1 unspecified atom stereocenters. The lowest BCUT2D eigenvalue weighted by Gasteiger charge is -2.17. The molecule has 0 bridgehead atoms. The van der Waals surface area contributed by atoms with Crippen molar-refractivity contribution in [3.8, 4) is 0 Å². The van der Waals surface area contributed by atoms with Gasteiger partial charge in [-0.2, -0.15) is 0 Å². The summed E-state index contributed by atoms with van der Waals surface area (Å²) in [6.45, 7) is 5.07. The first-order valence-corrected chi connectivity index (χ1v) is 6.99. The van der Waals surface area contributed by atoms with E-state index in [1.165, 1.54) is 22.3 Å². The Bertz CT molecular complexity index is 516. The minimum Gasteiger partial charge on any atom is -0.330 e. The third kappa shape index (κ3) is 3.93. The smallest absolute Gasteiger partial charge is 0.00425 e. The van der Waals surface area contributed by atoms with Crippen LogP contribution in [0.3, 0.4) is 0 Å². The van der Waals surface area contributed by atoms with Crippen LogP contribution in [0.25, 0.3) is 0 Å². The van der Waals surface area contributed by atoms with Gasteiger partial charge in [-0.15, -0.1) is 0 Å². The van der Waals surface area contributed by atoms with Crippen LogP contribution in [0.5, 0.6) is 0 Å². The largest absolute Gasteiger partial charge is 0.330 e. The van der Waals surface area contributed by atoms with Gasteiger partial charge < -0.3 is 5.73 Å². The summed E-state index contributed by atoms with van der Waals surface area (Å²) < 4.78 is 0. The molecule has 0 amide bonds. The van der Waals surface area contributed by atoms with Crippen LogP contribution in [0.2, 0.25) is 0 Å². The molecule has 1 nitrogen and oxygen atoms in total. The highest BCUT2D eigenvalue weighted by Crippen LogP contribution is 2.18. The summed E-state index contributed by atoms with van der Waals surface area (Å²) in [5, 5.41) is 0. The molecule has 2 N–H and O–H groups in total. The number of rotatable bonds is 5. The van der Waals surface area contributed by atoms with E-state index in [0.717, 1.165) is 19.4 Å². The molecule has 0 spiro atoms. The summed E-state index contributed by atoms with van der Waals surface area (Å²) in [6, 6.07) is 17.3. The second kappa shape index (κ2) is 6.53. The molecule has 0 saturated carbocycles. The van der Waals surface area contributed by atoms with Gasteiger partial charge in [-0.05, 0) is 55.8 Å². The van der Waals surface area contributed by atoms with Gasteiger partial charge in [0, 0.05) is 0 Å². The topological polar surface area (TPSA) is 26.0 Å². The van der Waals surface area contributed by atoms with Crippen LogP contribution in [0.4, 0.5) is 0 Å². The van der Waals surface area contributed by atoms with Crippen LogP contribution >= 0.6 is 0 Å². The molecule has 2 aromatic rings. The van der Waals surface area contributed by atoms with Crippen LogP contribution in [0, 0.1) is 19.8 Å². The third-order valence-corrected chi connectivity index (χ3v) is 3.71. The predicted molar refractivity (Wildman–Crippen MR) is 82.3 cm³/mol. The van der Waals surface area contributed by atoms with Crippen molar-refractivity contribution < 1.29 is 0 Å². The Morgan fingerprint density at radius 1 is 0.947 bits per heavy atom. The number of aryl methyl sites for hydroxylation is 2. The highest BCUT2D eigenvalue weighted by molar-refractivity contribution is 5.31. The van der Waals surface area contributed by atoms with Crippen molar-refractivity contribution in [1.29, 1.82) is 0 Å². The van der Waals surface area contributed by atoms with E-state index < -0.39 is 0 Å². The SMILES string of the molecule is Cc1ccc(C)c(CC(CN)Cc2ccccc2)c1. The summed E-state index contributed by atoms with van der Waals surface area (Å²) in [4.78, 5) is 0. The fraction of sp³-hybridized carbons (Fsp3) is 0.333. The van der Waals surface area contributed by atoms with Gasteiger partial charge in [-0.25, -0.2) is 0 Å². The second-order valence-electron chi connectivity index (χ2n) is 5.43. The number of benzene rings is 2. The zero-order chi connectivity index (χ0) is 13.7. The van der Waals surface area contributed by atoms with E-state index in [1.807, 2.05) is 0 Å². The molecule has 0 saturated heterocycles. The van der Waals surface area contributed by atoms with E-state index in [0.29, 0.717) is 5.92 Å². The monoisotopic (exact) mass is 253 g/mol. The molecule has 0 aromatic heterocycles. The van der Waals surface area contributed by atoms with Gasteiger partial charge in [0.1, 0.15) is 0 Å². The van der Waals surface area contributed by atoms with Gasteiger partial charge in [0.2, 0.25) is 0 Å². The molecule has 1 atom stereocenters. The van der Waals surface area contributed by atoms with Crippen LogP contribution < -0.4 is 5.73 Å². The minimum atomic E-state index is 0.517. The summed E-state index contributed by atoms with van der Waals surface area (Å²) in [5.41, 5.74) is 11.5. The molecule has 2 rings (SSSR count). The second-order valence-corrected chi connectivity index (χ2v) is 5.43. The fourth-order valence-electron chi connectivity index (χ4n) is 2.52. The van der Waals surface area contributed by atoms with Crippen molar-refractivity contribution >= 4 is 0 Å². The Hall–Kier alpha value is -1.60. The van der Waals surface area contributed by atoms with Crippen LogP contribution in [0.1, 0.15) is 22.3 Å². The average Bonchev–Trinajstić information content (AvgIpc) is 2.43. The molecule has 100 valence electrons. The first kappa shape index (κ1) is 13.8. The zero-order valence-electron chi connectivity index (χ0n) is 11.9. The first-order valence-electron chi connectivity index (χ1n) is 6.99. The summed E-state index contributed by atoms with van der Waals surface area (Å²) in [7, 11) is 0. The number of hydrogen-bond donors (Lipinski definition) is 1. The van der Waals surface area contributed by atoms with Gasteiger partial charge in [0.25, 0.3) is 0 Å². The van der Waals surface area contributed by atoms with E-state index in [-0.39, 0.29) is 0 Å². The molecule has 2 aromatic carbocycles. The summed E-state index contributed by atoms with van der Waals surface area (Å²) in [5.74, 6) is 0.517. The van der Waals surface area contributed by atoms with Crippen LogP contribution in [-0.4, -0.2) is 6.54 Å². The lowest BCUT2D eigenvalue weighted by atomic mass is 9.90. The van der Waals surface area contributed by atoms with Crippen molar-refractivity contribution in [2.24, 2.45) is 11.7 Å². The van der Waals surface area contributed by atoms with Crippen molar-refractivity contribution in [2.75, 3.05) is 6.54 Å². The Morgan fingerprint density at radius 3 is 2.37 bits per heavy atom. The highest BCUT2D eigenvalue weighted by Gasteiger charge is 2.10. The Labute approximate surface area is 116 Å². The van der Waals surface area contributed by atoms with Gasteiger partial charge in [-0.1, -0.05) is 54.1 Å². The van der Waals surface area contributed by atoms with Crippen molar-refractivity contribution in [3.63, 3.8) is 0 Å². The van der Waals surface area contributed by atoms with E-state index >= 15 is 0 Å². The van der Waals surface area contributed by atoms with E-state index in [2.05, 4.69) is 62.4 Å². The van der Waals surface area contributed by atoms with Gasteiger partial charge >= 0.3 is 0 Å². The summed E-state index contributed by atoms with van der Waals surface area (Å²) in [6.07, 6.45) is 2.13. The van der Waals surface area contributed by atoms with E-state index in [1.54, 1.807) is 0 Å². The van der Waals surface area contributed by atoms with Crippen molar-refractivity contribution in [3.05, 3.63) is 70.8 Å². The molecule has 1 heteroatoms. The molecular formula is C18H23N. The molecule has 19 heavy (non-hydrogen) atoms. The maximum absolute atomic E-state index is 5.96. The highest BCUT2D eigenvalue weighted by atomic mass is 14.5. The fourth-order valence-corrected chi connectivity index (χ4v) is 2.52. The molecule has 0 fully saturated rings. The zero-order valence-corrected chi connectivity index (χ0v) is 11.9. The first-order chi connectivity index (χ1) is 9.19. The average molecular weight is 253 g/mol. The van der Waals surface area contributed by atoms with E-state index in [9.17, 15) is 0 Å². The van der Waals surface area contributed by atoms with Crippen molar-refractivity contribution in [2.45, 2.75) is 26.7 Å². The van der Waals surface area contributed by atoms with Crippen LogP contribution in [-0.2, 0) is 12.8 Å². The number of hydrogen-bond acceptors (Lipinski definition) is 1. The maximum atomic E-state index is 5.96. The van der Waals surface area contributed by atoms with Gasteiger partial charge in [0.15, 0.2) is 0 Å². The van der Waals surface area contributed by atoms with Crippen LogP contribution in [0.15, 0.2) is 48.5 Å². The third-order valence-electron chi connectivity index (χ3n) is 3.71. The molecule has 0 radical (unpaired) electrons. The lowest BCUT2D eigenvalue weighted by molar-refractivity contribution is 0.532. The molecular weight excluding hydrogens is 230 g/mol. The minimum absolute atomic E-state index is 0.517. The molecule has 0 aliphatic rings. The molecule has 0 aliphatic carbocycles. The van der Waals surface area contributed by atoms with Gasteiger partial charge in [0.05, 0.1) is 0 Å². The summed E-state index contributed by atoms with van der Waals surface area (Å²) >= 11 is 0. The Morgan fingerprint density at radius 2 is 1.68 bits per heavy atom. The van der Waals surface area contributed by atoms with Gasteiger partial charge in [-0.3, -0.25) is 0 Å². The standard InChI is InChI=1S/C18H23N/c1-14-8-9-15(2)18(10-14)12-17(13-19)11-16-6-4-3-5-7-16/h3-10,17H,11-13,19H2,1-2H3. The normalized spacial score (nSPS) is 12.4. The lowest BCUT2D eigenvalue weighted by Crippen LogP contribution is -2.19. The predicted octanol–water partition coefficient (Wildman–Crippen LogP) is 3.66. The Balaban J connectivity index is 2.09. The Kier molecular flexibility index (Phi) is 4.75. The molecule has 0 aliphatic heterocycles. The molecule has 0 heterocycles. The van der Waals surface area contributed by atoms with Crippen molar-refractivity contribution in [1.82, 2.24) is 0 Å².